The van der Waals surface area contributed by atoms with E-state index in [1.54, 1.807) is 11.4 Å². The number of benzene rings is 2. The predicted molar refractivity (Wildman–Crippen MR) is 131 cm³/mol. The average Bonchev–Trinajstić information content (AvgIpc) is 3.39. The first-order chi connectivity index (χ1) is 16.9. The van der Waals surface area contributed by atoms with Crippen molar-refractivity contribution in [1.29, 1.82) is 0 Å². The molecule has 9 heteroatoms. The number of hydrogen-bond acceptors (Lipinski definition) is 5. The van der Waals surface area contributed by atoms with Gasteiger partial charge in [0.2, 0.25) is 5.78 Å². The Morgan fingerprint density at radius 3 is 2.37 bits per heavy atom. The molecule has 35 heavy (non-hydrogen) atoms. The maximum atomic E-state index is 13.4. The van der Waals surface area contributed by atoms with E-state index in [9.17, 15) is 14.4 Å². The molecule has 3 heterocycles. The van der Waals surface area contributed by atoms with E-state index < -0.39 is 23.8 Å². The standard InChI is InChI=1S/C26H25N5O4/c1-17-14-29-22-23(27-25(29)31(17)18(2)20-12-8-5-9-13-20)28(3)26(34)30(24(22)33)15-21(32)35-16-19-10-6-4-7-11-19/h4-14,18H,15-16H2,1-3H3/t18-/m0/s1. The van der Waals surface area contributed by atoms with Crippen molar-refractivity contribution < 1.29 is 9.53 Å². The van der Waals surface area contributed by atoms with Crippen LogP contribution < -0.4 is 11.2 Å². The Bertz CT molecular complexity index is 1660. The number of rotatable bonds is 6. The monoisotopic (exact) mass is 471 g/mol. The van der Waals surface area contributed by atoms with Crippen LogP contribution in [0.3, 0.4) is 0 Å². The molecular weight excluding hydrogens is 446 g/mol. The molecule has 0 fully saturated rings. The van der Waals surface area contributed by atoms with E-state index in [0.717, 1.165) is 21.4 Å². The third-order valence-electron chi connectivity index (χ3n) is 6.27. The fourth-order valence-electron chi connectivity index (χ4n) is 4.44. The zero-order valence-corrected chi connectivity index (χ0v) is 19.7. The highest BCUT2D eigenvalue weighted by molar-refractivity contribution is 5.76. The number of fused-ring (bicyclic) bond motifs is 3. The van der Waals surface area contributed by atoms with Crippen LogP contribution in [0.15, 0.2) is 76.4 Å². The first-order valence-electron chi connectivity index (χ1n) is 11.3. The van der Waals surface area contributed by atoms with Gasteiger partial charge in [-0.25, -0.2) is 9.36 Å². The van der Waals surface area contributed by atoms with E-state index in [2.05, 4.69) is 11.9 Å². The lowest BCUT2D eigenvalue weighted by Crippen LogP contribution is -2.41. The number of aryl methyl sites for hydroxylation is 2. The maximum Gasteiger partial charge on any atom is 0.333 e. The van der Waals surface area contributed by atoms with E-state index in [4.69, 9.17) is 4.74 Å². The van der Waals surface area contributed by atoms with Crippen molar-refractivity contribution in [1.82, 2.24) is 23.1 Å². The quantitative estimate of drug-likeness (QED) is 0.355. The Kier molecular flexibility index (Phi) is 5.60. The van der Waals surface area contributed by atoms with Crippen molar-refractivity contribution in [2.75, 3.05) is 0 Å². The summed E-state index contributed by atoms with van der Waals surface area (Å²) >= 11 is 0. The fraction of sp³-hybridized carbons (Fsp3) is 0.231. The number of aromatic nitrogens is 5. The van der Waals surface area contributed by atoms with Crippen molar-refractivity contribution in [3.8, 4) is 0 Å². The summed E-state index contributed by atoms with van der Waals surface area (Å²) in [6, 6.07) is 19.1. The van der Waals surface area contributed by atoms with Crippen LogP contribution in [0.1, 0.15) is 29.8 Å². The Balaban J connectivity index is 1.56. The summed E-state index contributed by atoms with van der Waals surface area (Å²) < 4.78 is 11.2. The largest absolute Gasteiger partial charge is 0.459 e. The molecule has 0 N–H and O–H groups in total. The van der Waals surface area contributed by atoms with Gasteiger partial charge in [0, 0.05) is 18.9 Å². The van der Waals surface area contributed by atoms with Crippen molar-refractivity contribution in [2.45, 2.75) is 33.0 Å². The average molecular weight is 472 g/mol. The van der Waals surface area contributed by atoms with Crippen molar-refractivity contribution >= 4 is 22.9 Å². The number of imidazole rings is 2. The highest BCUT2D eigenvalue weighted by atomic mass is 16.5. The number of ether oxygens (including phenoxy) is 1. The molecule has 0 radical (unpaired) electrons. The molecule has 0 aliphatic heterocycles. The zero-order chi connectivity index (χ0) is 24.7. The maximum absolute atomic E-state index is 13.4. The summed E-state index contributed by atoms with van der Waals surface area (Å²) in [5.41, 5.74) is 2.11. The van der Waals surface area contributed by atoms with Gasteiger partial charge in [0.25, 0.3) is 5.56 Å². The summed E-state index contributed by atoms with van der Waals surface area (Å²) in [6.07, 6.45) is 1.83. The third kappa shape index (κ3) is 3.84. The minimum absolute atomic E-state index is 0.0438. The van der Waals surface area contributed by atoms with Crippen LogP contribution in [0.2, 0.25) is 0 Å². The summed E-state index contributed by atoms with van der Waals surface area (Å²) in [5.74, 6) is -0.120. The molecule has 1 atom stereocenters. The van der Waals surface area contributed by atoms with E-state index in [-0.39, 0.29) is 23.8 Å². The first-order valence-corrected chi connectivity index (χ1v) is 11.3. The molecule has 0 saturated carbocycles. The van der Waals surface area contributed by atoms with Gasteiger partial charge in [-0.3, -0.25) is 18.6 Å². The van der Waals surface area contributed by atoms with Gasteiger partial charge in [-0.15, -0.1) is 0 Å². The van der Waals surface area contributed by atoms with Crippen LogP contribution in [0, 0.1) is 6.92 Å². The SMILES string of the molecule is Cc1cn2c3c(=O)n(CC(=O)OCc4ccccc4)c(=O)n(C)c3nc2n1[C@@H](C)c1ccccc1. The summed E-state index contributed by atoms with van der Waals surface area (Å²) in [5, 5.41) is 0. The minimum atomic E-state index is -0.667. The Morgan fingerprint density at radius 1 is 1.03 bits per heavy atom. The van der Waals surface area contributed by atoms with Gasteiger partial charge in [-0.2, -0.15) is 4.98 Å². The molecule has 0 spiro atoms. The molecule has 5 rings (SSSR count). The second-order valence-corrected chi connectivity index (χ2v) is 8.56. The van der Waals surface area contributed by atoms with Crippen LogP contribution in [0.25, 0.3) is 16.9 Å². The van der Waals surface area contributed by atoms with E-state index in [0.29, 0.717) is 5.78 Å². The van der Waals surface area contributed by atoms with Gasteiger partial charge < -0.3 is 9.30 Å². The first kappa shape index (κ1) is 22.4. The minimum Gasteiger partial charge on any atom is -0.459 e. The Hall–Kier alpha value is -4.40. The van der Waals surface area contributed by atoms with Crippen molar-refractivity contribution in [3.05, 3.63) is 105 Å². The van der Waals surface area contributed by atoms with E-state index in [1.807, 2.05) is 78.4 Å². The topological polar surface area (TPSA) is 92.5 Å². The second kappa shape index (κ2) is 8.75. The molecule has 0 aliphatic carbocycles. The molecule has 0 amide bonds. The molecular formula is C26H25N5O4. The van der Waals surface area contributed by atoms with E-state index >= 15 is 0 Å². The highest BCUT2D eigenvalue weighted by Gasteiger charge is 2.23. The fourth-order valence-corrected chi connectivity index (χ4v) is 4.44. The smallest absolute Gasteiger partial charge is 0.333 e. The second-order valence-electron chi connectivity index (χ2n) is 8.56. The van der Waals surface area contributed by atoms with Gasteiger partial charge >= 0.3 is 11.7 Å². The number of hydrogen-bond donors (Lipinski definition) is 0. The molecule has 3 aromatic heterocycles. The van der Waals surface area contributed by atoms with Crippen molar-refractivity contribution in [3.63, 3.8) is 0 Å². The summed E-state index contributed by atoms with van der Waals surface area (Å²) in [6.45, 7) is 3.58. The highest BCUT2D eigenvalue weighted by Crippen LogP contribution is 2.25. The molecule has 0 bridgehead atoms. The van der Waals surface area contributed by atoms with Crippen LogP contribution in [0.5, 0.6) is 0 Å². The number of carbonyl (C=O) groups excluding carboxylic acids is 1. The number of nitrogens with zero attached hydrogens (tertiary/aromatic N) is 5. The van der Waals surface area contributed by atoms with Gasteiger partial charge in [0.15, 0.2) is 11.2 Å². The number of esters is 1. The molecule has 5 aromatic rings. The van der Waals surface area contributed by atoms with Crippen LogP contribution in [-0.2, 0) is 29.7 Å². The lowest BCUT2D eigenvalue weighted by molar-refractivity contribution is -0.145. The molecule has 2 aromatic carbocycles. The Morgan fingerprint density at radius 2 is 1.69 bits per heavy atom. The molecule has 9 nitrogen and oxygen atoms in total. The van der Waals surface area contributed by atoms with Crippen LogP contribution in [0.4, 0.5) is 0 Å². The molecule has 0 saturated heterocycles. The molecule has 0 unspecified atom stereocenters. The zero-order valence-electron chi connectivity index (χ0n) is 19.7. The third-order valence-corrected chi connectivity index (χ3v) is 6.27. The summed E-state index contributed by atoms with van der Waals surface area (Å²) in [4.78, 5) is 43.5. The lowest BCUT2D eigenvalue weighted by atomic mass is 10.1. The van der Waals surface area contributed by atoms with Crippen LogP contribution >= 0.6 is 0 Å². The van der Waals surface area contributed by atoms with Crippen molar-refractivity contribution in [2.24, 2.45) is 7.05 Å². The molecule has 0 aliphatic rings. The van der Waals surface area contributed by atoms with Gasteiger partial charge in [-0.1, -0.05) is 60.7 Å². The van der Waals surface area contributed by atoms with Crippen LogP contribution in [-0.4, -0.2) is 29.1 Å². The number of carbonyl (C=O) groups is 1. The van der Waals surface area contributed by atoms with E-state index in [1.165, 1.54) is 4.57 Å². The van der Waals surface area contributed by atoms with Gasteiger partial charge in [0.05, 0.1) is 6.04 Å². The van der Waals surface area contributed by atoms with Gasteiger partial charge in [0.1, 0.15) is 13.2 Å². The lowest BCUT2D eigenvalue weighted by Gasteiger charge is -2.16. The summed E-state index contributed by atoms with van der Waals surface area (Å²) in [7, 11) is 1.54. The molecule has 178 valence electrons. The predicted octanol–water partition coefficient (Wildman–Crippen LogP) is 2.81. The van der Waals surface area contributed by atoms with Gasteiger partial charge in [-0.05, 0) is 25.0 Å². The Labute approximate surface area is 200 Å². The normalized spacial score (nSPS) is 12.3.